The summed E-state index contributed by atoms with van der Waals surface area (Å²) in [7, 11) is 0. The number of hydrogen-bond donors (Lipinski definition) is 0. The van der Waals surface area contributed by atoms with Crippen molar-refractivity contribution in [2.75, 3.05) is 0 Å². The highest BCUT2D eigenvalue weighted by molar-refractivity contribution is 4.71. The third-order valence-corrected chi connectivity index (χ3v) is 3.21. The molecule has 0 aromatic rings. The largest absolute Gasteiger partial charge is 0.0654 e. The van der Waals surface area contributed by atoms with Gasteiger partial charge >= 0.3 is 0 Å². The molecule has 0 saturated carbocycles. The van der Waals surface area contributed by atoms with Gasteiger partial charge in [0.25, 0.3) is 0 Å². The van der Waals surface area contributed by atoms with Crippen LogP contribution in [0, 0.1) is 23.7 Å². The fraction of sp³-hybridized carbons (Fsp3) is 1.00. The summed E-state index contributed by atoms with van der Waals surface area (Å²) >= 11 is 0. The first-order chi connectivity index (χ1) is 5.50. The van der Waals surface area contributed by atoms with Crippen LogP contribution in [0.3, 0.4) is 0 Å². The molecule has 0 saturated heterocycles. The topological polar surface area (TPSA) is 0 Å². The Bertz CT molecular complexity index is 103. The van der Waals surface area contributed by atoms with Gasteiger partial charge in [0.15, 0.2) is 0 Å². The van der Waals surface area contributed by atoms with E-state index >= 15 is 0 Å². The normalized spacial score (nSPS) is 17.0. The summed E-state index contributed by atoms with van der Waals surface area (Å²) in [6.07, 6.45) is 2.73. The van der Waals surface area contributed by atoms with Gasteiger partial charge in [-0.2, -0.15) is 0 Å². The molecule has 0 bridgehead atoms. The van der Waals surface area contributed by atoms with Crippen LogP contribution in [0.5, 0.6) is 0 Å². The minimum atomic E-state index is 0.837. The van der Waals surface area contributed by atoms with Crippen LogP contribution >= 0.6 is 0 Å². The maximum atomic E-state index is 2.41. The lowest BCUT2D eigenvalue weighted by atomic mass is 9.76. The van der Waals surface area contributed by atoms with Gasteiger partial charge in [0.05, 0.1) is 0 Å². The molecule has 0 aliphatic carbocycles. The van der Waals surface area contributed by atoms with Crippen LogP contribution in [0.4, 0.5) is 0 Å². The van der Waals surface area contributed by atoms with E-state index in [1.807, 2.05) is 0 Å². The Hall–Kier alpha value is 0. The second kappa shape index (κ2) is 5.61. The third kappa shape index (κ3) is 3.60. The molecule has 0 rings (SSSR count). The van der Waals surface area contributed by atoms with Crippen LogP contribution in [0.15, 0.2) is 0 Å². The van der Waals surface area contributed by atoms with E-state index in [-0.39, 0.29) is 0 Å². The lowest BCUT2D eigenvalue weighted by Gasteiger charge is -2.30. The van der Waals surface area contributed by atoms with Gasteiger partial charge in [-0.25, -0.2) is 0 Å². The molecule has 0 fully saturated rings. The van der Waals surface area contributed by atoms with Gasteiger partial charge in [0, 0.05) is 0 Å². The maximum absolute atomic E-state index is 2.41. The monoisotopic (exact) mass is 170 g/mol. The Balaban J connectivity index is 4.09. The number of rotatable bonds is 5. The average molecular weight is 170 g/mol. The van der Waals surface area contributed by atoms with Crippen LogP contribution in [-0.2, 0) is 0 Å². The molecule has 0 heterocycles. The SMILES string of the molecule is CCCC(C(C)C)C(C)C(C)C. The van der Waals surface area contributed by atoms with Crippen molar-refractivity contribution >= 4 is 0 Å². The first-order valence-electron chi connectivity index (χ1n) is 5.50. The highest BCUT2D eigenvalue weighted by Gasteiger charge is 2.21. The predicted molar refractivity (Wildman–Crippen MR) is 57.2 cm³/mol. The molecule has 2 unspecified atom stereocenters. The Morgan fingerprint density at radius 2 is 1.33 bits per heavy atom. The van der Waals surface area contributed by atoms with E-state index < -0.39 is 0 Å². The molecule has 0 aliphatic rings. The van der Waals surface area contributed by atoms with Crippen LogP contribution in [-0.4, -0.2) is 0 Å². The van der Waals surface area contributed by atoms with E-state index in [0.29, 0.717) is 0 Å². The summed E-state index contributed by atoms with van der Waals surface area (Å²) in [5.74, 6) is 3.49. The Kier molecular flexibility index (Phi) is 5.61. The van der Waals surface area contributed by atoms with E-state index in [0.717, 1.165) is 23.7 Å². The fourth-order valence-corrected chi connectivity index (χ4v) is 2.03. The lowest BCUT2D eigenvalue weighted by molar-refractivity contribution is 0.200. The standard InChI is InChI=1S/C12H26/c1-7-8-12(10(4)5)11(6)9(2)3/h9-12H,7-8H2,1-6H3. The fourth-order valence-electron chi connectivity index (χ4n) is 2.03. The maximum Gasteiger partial charge on any atom is -0.0363 e. The van der Waals surface area contributed by atoms with Gasteiger partial charge in [-0.05, 0) is 23.7 Å². The summed E-state index contributed by atoms with van der Waals surface area (Å²) < 4.78 is 0. The first kappa shape index (κ1) is 12.0. The van der Waals surface area contributed by atoms with Crippen molar-refractivity contribution in [2.24, 2.45) is 23.7 Å². The highest BCUT2D eigenvalue weighted by atomic mass is 14.3. The highest BCUT2D eigenvalue weighted by Crippen LogP contribution is 2.30. The zero-order chi connectivity index (χ0) is 9.72. The molecule has 0 spiro atoms. The predicted octanol–water partition coefficient (Wildman–Crippen LogP) is 4.35. The summed E-state index contributed by atoms with van der Waals surface area (Å²) in [6, 6.07) is 0. The smallest absolute Gasteiger partial charge is 0.0363 e. The Labute approximate surface area is 78.8 Å². The Morgan fingerprint density at radius 1 is 0.833 bits per heavy atom. The van der Waals surface area contributed by atoms with Crippen molar-refractivity contribution in [1.29, 1.82) is 0 Å². The molecular formula is C12H26. The molecule has 0 aromatic carbocycles. The van der Waals surface area contributed by atoms with Gasteiger partial charge in [-0.3, -0.25) is 0 Å². The Morgan fingerprint density at radius 3 is 1.58 bits per heavy atom. The van der Waals surface area contributed by atoms with E-state index in [9.17, 15) is 0 Å². The minimum Gasteiger partial charge on any atom is -0.0654 e. The van der Waals surface area contributed by atoms with Crippen molar-refractivity contribution in [3.8, 4) is 0 Å². The van der Waals surface area contributed by atoms with E-state index in [4.69, 9.17) is 0 Å². The van der Waals surface area contributed by atoms with Crippen LogP contribution in [0.2, 0.25) is 0 Å². The molecule has 0 amide bonds. The van der Waals surface area contributed by atoms with Crippen molar-refractivity contribution in [2.45, 2.75) is 54.4 Å². The summed E-state index contributed by atoms with van der Waals surface area (Å²) in [4.78, 5) is 0. The zero-order valence-electron chi connectivity index (χ0n) is 9.72. The quantitative estimate of drug-likeness (QED) is 0.575. The average Bonchev–Trinajstić information content (AvgIpc) is 1.98. The summed E-state index contributed by atoms with van der Waals surface area (Å²) in [5, 5.41) is 0. The molecule has 2 atom stereocenters. The molecule has 0 nitrogen and oxygen atoms in total. The molecule has 74 valence electrons. The van der Waals surface area contributed by atoms with Crippen molar-refractivity contribution in [3.05, 3.63) is 0 Å². The van der Waals surface area contributed by atoms with Crippen LogP contribution in [0.1, 0.15) is 54.4 Å². The van der Waals surface area contributed by atoms with E-state index in [2.05, 4.69) is 41.5 Å². The molecule has 12 heavy (non-hydrogen) atoms. The number of hydrogen-bond acceptors (Lipinski definition) is 0. The molecular weight excluding hydrogens is 144 g/mol. The van der Waals surface area contributed by atoms with Crippen molar-refractivity contribution in [3.63, 3.8) is 0 Å². The van der Waals surface area contributed by atoms with Crippen LogP contribution < -0.4 is 0 Å². The van der Waals surface area contributed by atoms with Gasteiger partial charge < -0.3 is 0 Å². The summed E-state index contributed by atoms with van der Waals surface area (Å²) in [6.45, 7) is 14.1. The molecule has 0 aliphatic heterocycles. The molecule has 0 aromatic heterocycles. The van der Waals surface area contributed by atoms with Crippen molar-refractivity contribution in [1.82, 2.24) is 0 Å². The second-order valence-electron chi connectivity index (χ2n) is 4.80. The first-order valence-corrected chi connectivity index (χ1v) is 5.50. The zero-order valence-corrected chi connectivity index (χ0v) is 9.72. The van der Waals surface area contributed by atoms with Gasteiger partial charge in [0.1, 0.15) is 0 Å². The van der Waals surface area contributed by atoms with Gasteiger partial charge in [-0.1, -0.05) is 54.4 Å². The van der Waals surface area contributed by atoms with E-state index in [1.54, 1.807) is 0 Å². The minimum absolute atomic E-state index is 0.837. The molecule has 0 radical (unpaired) electrons. The summed E-state index contributed by atoms with van der Waals surface area (Å²) in [5.41, 5.74) is 0. The van der Waals surface area contributed by atoms with Gasteiger partial charge in [0.2, 0.25) is 0 Å². The second-order valence-corrected chi connectivity index (χ2v) is 4.80. The molecule has 0 heteroatoms. The van der Waals surface area contributed by atoms with Crippen molar-refractivity contribution < 1.29 is 0 Å². The molecule has 0 N–H and O–H groups in total. The third-order valence-electron chi connectivity index (χ3n) is 3.21. The van der Waals surface area contributed by atoms with Crippen LogP contribution in [0.25, 0.3) is 0 Å². The lowest BCUT2D eigenvalue weighted by Crippen LogP contribution is -2.21. The van der Waals surface area contributed by atoms with Gasteiger partial charge in [-0.15, -0.1) is 0 Å². The van der Waals surface area contributed by atoms with E-state index in [1.165, 1.54) is 12.8 Å².